The molecule has 1 fully saturated rings. The van der Waals surface area contributed by atoms with Gasteiger partial charge in [-0.2, -0.15) is 0 Å². The first-order chi connectivity index (χ1) is 15.7. The van der Waals surface area contributed by atoms with Gasteiger partial charge in [0.2, 0.25) is 10.0 Å². The number of nitrogens with two attached hydrogens (primary N) is 1. The van der Waals surface area contributed by atoms with Crippen LogP contribution < -0.4 is 15.8 Å². The van der Waals surface area contributed by atoms with Crippen LogP contribution in [0.5, 0.6) is 0 Å². The average Bonchev–Trinajstić information content (AvgIpc) is 3.07. The van der Waals surface area contributed by atoms with Crippen LogP contribution in [-0.4, -0.2) is 37.2 Å². The highest BCUT2D eigenvalue weighted by Gasteiger charge is 2.29. The molecule has 188 valence electrons. The Bertz CT molecular complexity index is 1130. The molecule has 0 spiro atoms. The average molecular weight is 509 g/mol. The molecule has 1 aromatic carbocycles. The molecular weight excluding hydrogens is 472 g/mol. The number of aryl methyl sites for hydroxylation is 1. The highest BCUT2D eigenvalue weighted by atomic mass is 32.2. The quantitative estimate of drug-likeness (QED) is 0.497. The minimum atomic E-state index is -3.90. The zero-order valence-corrected chi connectivity index (χ0v) is 22.4. The number of ether oxygens (including phenoxy) is 1. The Balaban J connectivity index is 2.03. The second-order valence-corrected chi connectivity index (χ2v) is 12.9. The summed E-state index contributed by atoms with van der Waals surface area (Å²) in [5, 5.41) is 3.65. The Morgan fingerprint density at radius 2 is 1.85 bits per heavy atom. The van der Waals surface area contributed by atoms with Gasteiger partial charge in [0.25, 0.3) is 0 Å². The number of rotatable bonds is 6. The lowest BCUT2D eigenvalue weighted by Gasteiger charge is -2.24. The lowest BCUT2D eigenvalue weighted by molar-refractivity contribution is 0.130. The molecule has 10 heteroatoms. The van der Waals surface area contributed by atoms with Crippen molar-refractivity contribution in [2.24, 2.45) is 5.73 Å². The molecule has 0 unspecified atom stereocenters. The van der Waals surface area contributed by atoms with Crippen LogP contribution in [0.1, 0.15) is 76.9 Å². The van der Waals surface area contributed by atoms with E-state index in [1.54, 1.807) is 58.1 Å². The highest BCUT2D eigenvalue weighted by molar-refractivity contribution is 7.89. The fourth-order valence-electron chi connectivity index (χ4n) is 4.04. The summed E-state index contributed by atoms with van der Waals surface area (Å²) in [6.45, 7) is 10.8. The summed E-state index contributed by atoms with van der Waals surface area (Å²) >= 11 is 1.54. The van der Waals surface area contributed by atoms with Gasteiger partial charge in [0.15, 0.2) is 0 Å². The first-order valence-electron chi connectivity index (χ1n) is 11.6. The van der Waals surface area contributed by atoms with Gasteiger partial charge in [-0.05, 0) is 79.4 Å². The van der Waals surface area contributed by atoms with Crippen LogP contribution in [0.15, 0.2) is 23.1 Å². The molecule has 34 heavy (non-hydrogen) atoms. The zero-order chi connectivity index (χ0) is 25.3. The molecule has 0 atom stereocenters. The molecule has 0 aliphatic heterocycles. The first-order valence-corrected chi connectivity index (χ1v) is 13.9. The van der Waals surface area contributed by atoms with Crippen LogP contribution in [0, 0.1) is 6.92 Å². The molecule has 2 aromatic rings. The fourth-order valence-corrected chi connectivity index (χ4v) is 7.04. The number of carbonyl (C=O) groups is 1. The Kier molecular flexibility index (Phi) is 8.07. The molecule has 1 aliphatic carbocycles. The number of nitrogens with one attached hydrogen (secondary N) is 2. The van der Waals surface area contributed by atoms with Crippen molar-refractivity contribution in [1.82, 2.24) is 9.71 Å². The number of amides is 1. The van der Waals surface area contributed by atoms with Gasteiger partial charge in [-0.15, -0.1) is 11.3 Å². The molecule has 1 amide bonds. The van der Waals surface area contributed by atoms with Crippen LogP contribution >= 0.6 is 11.3 Å². The summed E-state index contributed by atoms with van der Waals surface area (Å²) in [5.41, 5.74) is 7.09. The Labute approximate surface area is 206 Å². The summed E-state index contributed by atoms with van der Waals surface area (Å²) in [6, 6.07) is 5.14. The number of hydrogen-bond donors (Lipinski definition) is 3. The molecular formula is C24H36N4O4S2. The smallest absolute Gasteiger partial charge is 0.411 e. The van der Waals surface area contributed by atoms with E-state index in [0.29, 0.717) is 17.2 Å². The second kappa shape index (κ2) is 10.3. The maximum atomic E-state index is 13.4. The van der Waals surface area contributed by atoms with Crippen LogP contribution in [0.3, 0.4) is 0 Å². The number of anilines is 1. The first kappa shape index (κ1) is 26.6. The van der Waals surface area contributed by atoms with Crippen LogP contribution in [0.4, 0.5) is 10.5 Å². The maximum Gasteiger partial charge on any atom is 0.411 e. The van der Waals surface area contributed by atoms with Gasteiger partial charge >= 0.3 is 6.09 Å². The minimum absolute atomic E-state index is 0.0914. The van der Waals surface area contributed by atoms with Gasteiger partial charge < -0.3 is 10.5 Å². The predicted octanol–water partition coefficient (Wildman–Crippen LogP) is 5.14. The third-order valence-corrected chi connectivity index (χ3v) is 8.63. The van der Waals surface area contributed by atoms with E-state index < -0.39 is 21.7 Å². The largest absolute Gasteiger partial charge is 0.447 e. The lowest BCUT2D eigenvalue weighted by atomic mass is 9.87. The monoisotopic (exact) mass is 508 g/mol. The van der Waals surface area contributed by atoms with Crippen molar-refractivity contribution in [2.75, 3.05) is 5.32 Å². The van der Waals surface area contributed by atoms with E-state index in [-0.39, 0.29) is 17.0 Å². The number of carbonyl (C=O) groups excluding carboxylic acids is 1. The van der Waals surface area contributed by atoms with E-state index in [0.717, 1.165) is 41.3 Å². The summed E-state index contributed by atoms with van der Waals surface area (Å²) in [4.78, 5) is 17.8. The van der Waals surface area contributed by atoms with E-state index in [2.05, 4.69) is 10.0 Å². The summed E-state index contributed by atoms with van der Waals surface area (Å²) in [5.74, 6) is 0.344. The topological polar surface area (TPSA) is 123 Å². The minimum Gasteiger partial charge on any atom is -0.447 e. The van der Waals surface area contributed by atoms with Crippen molar-refractivity contribution >= 4 is 33.1 Å². The predicted molar refractivity (Wildman–Crippen MR) is 137 cm³/mol. The normalized spacial score (nSPS) is 19.3. The van der Waals surface area contributed by atoms with Gasteiger partial charge in [0.1, 0.15) is 0 Å². The molecule has 1 aliphatic rings. The number of sulfonamides is 1. The number of thiazole rings is 1. The molecule has 0 radical (unpaired) electrons. The van der Waals surface area contributed by atoms with Crippen LogP contribution in [0.25, 0.3) is 10.4 Å². The maximum absolute atomic E-state index is 13.4. The van der Waals surface area contributed by atoms with E-state index in [4.69, 9.17) is 15.5 Å². The van der Waals surface area contributed by atoms with E-state index in [1.807, 2.05) is 6.92 Å². The van der Waals surface area contributed by atoms with E-state index in [1.165, 1.54) is 6.07 Å². The Morgan fingerprint density at radius 1 is 1.21 bits per heavy atom. The molecule has 0 bridgehead atoms. The Hall–Kier alpha value is -2.01. The van der Waals surface area contributed by atoms with Crippen molar-refractivity contribution < 1.29 is 17.9 Å². The number of hydrogen-bond acceptors (Lipinski definition) is 7. The van der Waals surface area contributed by atoms with Crippen molar-refractivity contribution in [3.8, 4) is 10.4 Å². The molecule has 8 nitrogen and oxygen atoms in total. The molecule has 3 rings (SSSR count). The molecule has 1 saturated carbocycles. The summed E-state index contributed by atoms with van der Waals surface area (Å²) < 4.78 is 34.7. The SMILES string of the molecule is Cc1nc([C@H]2CC[C@H](N)CC2)sc1-c1ccc(NC(=O)OC(C)C)cc1S(=O)(=O)NC(C)(C)C. The van der Waals surface area contributed by atoms with Gasteiger partial charge in [-0.25, -0.2) is 22.9 Å². The van der Waals surface area contributed by atoms with Crippen molar-refractivity contribution in [1.29, 1.82) is 0 Å². The summed E-state index contributed by atoms with van der Waals surface area (Å²) in [7, 11) is -3.90. The van der Waals surface area contributed by atoms with Crippen LogP contribution in [0.2, 0.25) is 0 Å². The van der Waals surface area contributed by atoms with Gasteiger partial charge in [0, 0.05) is 28.7 Å². The zero-order valence-electron chi connectivity index (χ0n) is 20.8. The van der Waals surface area contributed by atoms with Gasteiger partial charge in [0.05, 0.1) is 26.6 Å². The standard InChI is InChI=1S/C24H36N4O4S2/c1-14(2)32-23(29)27-18-11-12-19(20(13-18)34(30,31)28-24(4,5)6)21-15(3)26-22(33-21)16-7-9-17(25)10-8-16/h11-14,16-17,28H,7-10,25H2,1-6H3,(H,27,29)/t16-,17-. The number of nitrogens with zero attached hydrogens (tertiary/aromatic N) is 1. The summed E-state index contributed by atoms with van der Waals surface area (Å²) in [6.07, 6.45) is 3.00. The molecule has 1 aromatic heterocycles. The van der Waals surface area contributed by atoms with Crippen molar-refractivity contribution in [3.05, 3.63) is 28.9 Å². The van der Waals surface area contributed by atoms with Crippen LogP contribution in [-0.2, 0) is 14.8 Å². The van der Waals surface area contributed by atoms with E-state index >= 15 is 0 Å². The number of benzene rings is 1. The third-order valence-electron chi connectivity index (χ3n) is 5.48. The Morgan fingerprint density at radius 3 is 2.44 bits per heavy atom. The number of aromatic nitrogens is 1. The van der Waals surface area contributed by atoms with Crippen molar-refractivity contribution in [3.63, 3.8) is 0 Å². The molecule has 0 saturated heterocycles. The lowest BCUT2D eigenvalue weighted by Crippen LogP contribution is -2.40. The van der Waals surface area contributed by atoms with Gasteiger partial charge in [-0.3, -0.25) is 5.32 Å². The van der Waals surface area contributed by atoms with E-state index in [9.17, 15) is 13.2 Å². The fraction of sp³-hybridized carbons (Fsp3) is 0.583. The third kappa shape index (κ3) is 6.78. The molecule has 4 N–H and O–H groups in total. The van der Waals surface area contributed by atoms with Gasteiger partial charge in [-0.1, -0.05) is 6.07 Å². The highest BCUT2D eigenvalue weighted by Crippen LogP contribution is 2.41. The molecule has 1 heterocycles. The second-order valence-electron chi connectivity index (χ2n) is 10.2. The van der Waals surface area contributed by atoms with Crippen molar-refractivity contribution in [2.45, 2.75) is 95.7 Å².